The fourth-order valence-electron chi connectivity index (χ4n) is 2.06. The fraction of sp³-hybridized carbons (Fsp3) is 0.312. The third-order valence-corrected chi connectivity index (χ3v) is 2.95. The quantitative estimate of drug-likeness (QED) is 0.904. The molecule has 106 valence electrons. The average Bonchev–Trinajstić information content (AvgIpc) is 2.40. The van der Waals surface area contributed by atoms with E-state index in [1.807, 2.05) is 39.1 Å². The Bertz CT molecular complexity index is 599. The maximum atomic E-state index is 13.6. The van der Waals surface area contributed by atoms with Gasteiger partial charge < -0.3 is 10.1 Å². The lowest BCUT2D eigenvalue weighted by Crippen LogP contribution is -2.05. The van der Waals surface area contributed by atoms with Gasteiger partial charge in [-0.1, -0.05) is 6.92 Å². The molecule has 0 spiro atoms. The Hall–Kier alpha value is -1.94. The van der Waals surface area contributed by atoms with Gasteiger partial charge in [-0.15, -0.1) is 0 Å². The summed E-state index contributed by atoms with van der Waals surface area (Å²) in [6.07, 6.45) is 0.774. The molecule has 0 atom stereocenters. The monoisotopic (exact) mass is 274 g/mol. The minimum absolute atomic E-state index is 0.300. The molecule has 0 radical (unpaired) electrons. The van der Waals surface area contributed by atoms with Crippen LogP contribution < -0.4 is 10.1 Å². The number of nitrogens with zero attached hydrogens (tertiary/aromatic N) is 1. The third-order valence-electron chi connectivity index (χ3n) is 2.95. The Kier molecular flexibility index (Phi) is 4.69. The summed E-state index contributed by atoms with van der Waals surface area (Å²) >= 11 is 0. The van der Waals surface area contributed by atoms with Crippen molar-refractivity contribution in [3.63, 3.8) is 0 Å². The number of nitrogens with one attached hydrogen (secondary N) is 1. The third kappa shape index (κ3) is 3.54. The first kappa shape index (κ1) is 14.5. The van der Waals surface area contributed by atoms with Crippen LogP contribution >= 0.6 is 0 Å². The number of aromatic nitrogens is 1. The number of benzene rings is 1. The summed E-state index contributed by atoms with van der Waals surface area (Å²) in [6.45, 7) is 4.56. The van der Waals surface area contributed by atoms with E-state index in [0.717, 1.165) is 23.4 Å². The summed E-state index contributed by atoms with van der Waals surface area (Å²) in [5.41, 5.74) is 2.68. The number of halogens is 1. The maximum absolute atomic E-state index is 13.6. The van der Waals surface area contributed by atoms with Crippen LogP contribution in [0.2, 0.25) is 0 Å². The van der Waals surface area contributed by atoms with Crippen LogP contribution in [0.15, 0.2) is 30.3 Å². The van der Waals surface area contributed by atoms with Crippen molar-refractivity contribution >= 4 is 0 Å². The molecule has 0 aliphatic carbocycles. The van der Waals surface area contributed by atoms with Gasteiger partial charge >= 0.3 is 0 Å². The highest BCUT2D eigenvalue weighted by atomic mass is 19.1. The minimum Gasteiger partial charge on any atom is -0.455 e. The first-order chi connectivity index (χ1) is 9.62. The smallest absolute Gasteiger partial charge is 0.148 e. The number of hydrogen-bond acceptors (Lipinski definition) is 3. The second-order valence-electron chi connectivity index (χ2n) is 4.68. The Morgan fingerprint density at radius 1 is 1.25 bits per heavy atom. The number of pyridine rings is 1. The second-order valence-corrected chi connectivity index (χ2v) is 4.68. The zero-order chi connectivity index (χ0) is 14.5. The molecule has 0 saturated carbocycles. The molecular weight excluding hydrogens is 255 g/mol. The average molecular weight is 274 g/mol. The zero-order valence-electron chi connectivity index (χ0n) is 12.0. The fourth-order valence-corrected chi connectivity index (χ4v) is 2.06. The van der Waals surface area contributed by atoms with E-state index in [2.05, 4.69) is 10.3 Å². The molecule has 1 N–H and O–H groups in total. The molecule has 0 bridgehead atoms. The molecule has 0 aliphatic heterocycles. The van der Waals surface area contributed by atoms with Crippen LogP contribution in [0.3, 0.4) is 0 Å². The molecule has 20 heavy (non-hydrogen) atoms. The first-order valence-corrected chi connectivity index (χ1v) is 6.70. The maximum Gasteiger partial charge on any atom is 0.148 e. The van der Waals surface area contributed by atoms with Crippen LogP contribution in [0.5, 0.6) is 11.5 Å². The summed E-state index contributed by atoms with van der Waals surface area (Å²) < 4.78 is 19.4. The van der Waals surface area contributed by atoms with E-state index in [0.29, 0.717) is 18.0 Å². The summed E-state index contributed by atoms with van der Waals surface area (Å²) in [5, 5.41) is 3.00. The van der Waals surface area contributed by atoms with Crippen LogP contribution in [0.1, 0.15) is 23.9 Å². The number of aryl methyl sites for hydroxylation is 2. The van der Waals surface area contributed by atoms with Gasteiger partial charge in [-0.2, -0.15) is 0 Å². The minimum atomic E-state index is -0.300. The van der Waals surface area contributed by atoms with Gasteiger partial charge in [-0.25, -0.2) is 4.39 Å². The van der Waals surface area contributed by atoms with E-state index in [9.17, 15) is 4.39 Å². The van der Waals surface area contributed by atoms with Gasteiger partial charge in [0.2, 0.25) is 0 Å². The molecule has 0 amide bonds. The molecule has 0 fully saturated rings. The van der Waals surface area contributed by atoms with Gasteiger partial charge in [-0.05, 0) is 50.2 Å². The van der Waals surface area contributed by atoms with E-state index >= 15 is 0 Å². The van der Waals surface area contributed by atoms with E-state index in [1.54, 1.807) is 0 Å². The first-order valence-electron chi connectivity index (χ1n) is 6.70. The van der Waals surface area contributed by atoms with Crippen molar-refractivity contribution in [2.45, 2.75) is 26.8 Å². The highest BCUT2D eigenvalue weighted by Crippen LogP contribution is 2.26. The summed E-state index contributed by atoms with van der Waals surface area (Å²) in [7, 11) is 1.82. The molecule has 0 aliphatic rings. The highest BCUT2D eigenvalue weighted by Gasteiger charge is 2.07. The van der Waals surface area contributed by atoms with Gasteiger partial charge in [-0.3, -0.25) is 4.98 Å². The molecule has 0 saturated heterocycles. The van der Waals surface area contributed by atoms with Crippen LogP contribution in [0.4, 0.5) is 4.39 Å². The molecule has 2 rings (SSSR count). The zero-order valence-corrected chi connectivity index (χ0v) is 12.0. The molecule has 4 heteroatoms. The lowest BCUT2D eigenvalue weighted by Gasteiger charge is -2.11. The molecule has 0 unspecified atom stereocenters. The van der Waals surface area contributed by atoms with Crippen molar-refractivity contribution in [2.75, 3.05) is 7.05 Å². The van der Waals surface area contributed by atoms with Crippen molar-refractivity contribution in [1.82, 2.24) is 10.3 Å². The van der Waals surface area contributed by atoms with Gasteiger partial charge in [0.25, 0.3) is 0 Å². The van der Waals surface area contributed by atoms with Crippen molar-refractivity contribution < 1.29 is 9.13 Å². The summed E-state index contributed by atoms with van der Waals surface area (Å²) in [5.74, 6) is 0.876. The molecule has 3 nitrogen and oxygen atoms in total. The van der Waals surface area contributed by atoms with Crippen molar-refractivity contribution in [3.8, 4) is 11.5 Å². The van der Waals surface area contributed by atoms with Gasteiger partial charge in [0.1, 0.15) is 17.3 Å². The number of hydrogen-bond donors (Lipinski definition) is 1. The van der Waals surface area contributed by atoms with Crippen molar-refractivity contribution in [3.05, 3.63) is 53.1 Å². The Morgan fingerprint density at radius 3 is 2.75 bits per heavy atom. The van der Waals surface area contributed by atoms with E-state index in [1.165, 1.54) is 12.1 Å². The van der Waals surface area contributed by atoms with Gasteiger partial charge in [0, 0.05) is 18.3 Å². The Labute approximate surface area is 118 Å². The summed E-state index contributed by atoms with van der Waals surface area (Å²) in [6, 6.07) is 8.49. The van der Waals surface area contributed by atoms with Crippen molar-refractivity contribution in [2.24, 2.45) is 0 Å². The molecule has 1 aromatic heterocycles. The Balaban J connectivity index is 2.29. The summed E-state index contributed by atoms with van der Waals surface area (Å²) in [4.78, 5) is 4.44. The van der Waals surface area contributed by atoms with Gasteiger partial charge in [0.05, 0.1) is 5.69 Å². The normalized spacial score (nSPS) is 10.6. The van der Waals surface area contributed by atoms with Crippen LogP contribution in [0.25, 0.3) is 0 Å². The Morgan fingerprint density at radius 2 is 2.05 bits per heavy atom. The van der Waals surface area contributed by atoms with E-state index in [-0.39, 0.29) is 5.82 Å². The topological polar surface area (TPSA) is 34.1 Å². The van der Waals surface area contributed by atoms with Gasteiger partial charge in [0.15, 0.2) is 0 Å². The predicted octanol–water partition coefficient (Wildman–Crippen LogP) is 3.60. The second kappa shape index (κ2) is 6.48. The highest BCUT2D eigenvalue weighted by molar-refractivity contribution is 5.37. The van der Waals surface area contributed by atoms with E-state index in [4.69, 9.17) is 4.74 Å². The molecular formula is C16H19FN2O. The molecule has 1 aromatic carbocycles. The lowest BCUT2D eigenvalue weighted by atomic mass is 10.2. The van der Waals surface area contributed by atoms with Crippen LogP contribution in [0, 0.1) is 12.7 Å². The standard InChI is InChI=1S/C16H19FN2O/c1-4-15-16(6-5-11(2)19-15)20-14-8-12(10-18-3)7-13(17)9-14/h5-9,18H,4,10H2,1-3H3. The van der Waals surface area contributed by atoms with Crippen molar-refractivity contribution in [1.29, 1.82) is 0 Å². The van der Waals surface area contributed by atoms with Crippen LogP contribution in [-0.2, 0) is 13.0 Å². The molecule has 2 aromatic rings. The number of rotatable bonds is 5. The number of ether oxygens (including phenoxy) is 1. The largest absolute Gasteiger partial charge is 0.455 e. The predicted molar refractivity (Wildman–Crippen MR) is 77.6 cm³/mol. The molecule has 1 heterocycles. The van der Waals surface area contributed by atoms with E-state index < -0.39 is 0 Å². The van der Waals surface area contributed by atoms with Crippen LogP contribution in [-0.4, -0.2) is 12.0 Å². The SMILES string of the molecule is CCc1nc(C)ccc1Oc1cc(F)cc(CNC)c1. The lowest BCUT2D eigenvalue weighted by molar-refractivity contribution is 0.466.